The Bertz CT molecular complexity index is 368. The molecule has 0 unspecified atom stereocenters. The Kier molecular flexibility index (Phi) is 4.68. The van der Waals surface area contributed by atoms with Crippen LogP contribution >= 0.6 is 0 Å². The average molecular weight is 252 g/mol. The van der Waals surface area contributed by atoms with Crippen LogP contribution in [-0.2, 0) is 6.54 Å². The molecule has 0 saturated carbocycles. The largest absolute Gasteiger partial charge is 0.468 e. The lowest BCUT2D eigenvalue weighted by Crippen LogP contribution is -2.21. The monoisotopic (exact) mass is 252 g/mol. The van der Waals surface area contributed by atoms with Crippen molar-refractivity contribution >= 4 is 0 Å². The number of aromatic nitrogens is 1. The summed E-state index contributed by atoms with van der Waals surface area (Å²) in [5.74, 6) is -0.818. The Morgan fingerprint density at radius 1 is 1.41 bits per heavy atom. The van der Waals surface area contributed by atoms with Crippen LogP contribution in [0.5, 0.6) is 5.88 Å². The molecule has 0 fully saturated rings. The second-order valence-corrected chi connectivity index (χ2v) is 3.30. The van der Waals surface area contributed by atoms with E-state index >= 15 is 0 Å². The number of pyridine rings is 1. The molecule has 1 N–H and O–H groups in total. The van der Waals surface area contributed by atoms with Crippen LogP contribution in [-0.4, -0.2) is 24.3 Å². The Labute approximate surface area is 95.8 Å². The molecule has 1 rings (SSSR count). The Morgan fingerprint density at radius 3 is 2.71 bits per heavy atom. The van der Waals surface area contributed by atoms with Crippen LogP contribution in [0, 0.1) is 5.82 Å². The highest BCUT2D eigenvalue weighted by atomic mass is 19.4. The maximum absolute atomic E-state index is 12.9. The van der Waals surface area contributed by atoms with Gasteiger partial charge < -0.3 is 10.1 Å². The normalized spacial score (nSPS) is 11.6. The number of hydrogen-bond acceptors (Lipinski definition) is 3. The maximum atomic E-state index is 12.9. The number of nitrogens with one attached hydrogen (secondary N) is 1. The van der Waals surface area contributed by atoms with Crippen molar-refractivity contribution in [2.75, 3.05) is 13.2 Å². The third kappa shape index (κ3) is 4.99. The van der Waals surface area contributed by atoms with Gasteiger partial charge in [-0.05, 0) is 12.6 Å². The van der Waals surface area contributed by atoms with Crippen molar-refractivity contribution in [2.24, 2.45) is 0 Å². The van der Waals surface area contributed by atoms with Gasteiger partial charge in [0, 0.05) is 12.1 Å². The van der Waals surface area contributed by atoms with Crippen LogP contribution in [0.2, 0.25) is 0 Å². The lowest BCUT2D eigenvalue weighted by atomic mass is 10.2. The summed E-state index contributed by atoms with van der Waals surface area (Å²) in [6, 6.07) is 1.10. The number of halogens is 4. The SMILES string of the molecule is CCNCc1cc(F)cnc1OCC(F)(F)F. The third-order valence-corrected chi connectivity index (χ3v) is 1.83. The van der Waals surface area contributed by atoms with Gasteiger partial charge in [-0.25, -0.2) is 9.37 Å². The second kappa shape index (κ2) is 5.81. The van der Waals surface area contributed by atoms with E-state index in [1.165, 1.54) is 0 Å². The van der Waals surface area contributed by atoms with Gasteiger partial charge in [0.15, 0.2) is 6.61 Å². The highest BCUT2D eigenvalue weighted by Gasteiger charge is 2.29. The van der Waals surface area contributed by atoms with Crippen molar-refractivity contribution in [3.8, 4) is 5.88 Å². The Balaban J connectivity index is 2.75. The molecule has 0 bridgehead atoms. The molecule has 0 saturated heterocycles. The molecule has 1 aromatic heterocycles. The molecule has 3 nitrogen and oxygen atoms in total. The maximum Gasteiger partial charge on any atom is 0.422 e. The van der Waals surface area contributed by atoms with Gasteiger partial charge in [0.2, 0.25) is 5.88 Å². The summed E-state index contributed by atoms with van der Waals surface area (Å²) in [7, 11) is 0. The fraction of sp³-hybridized carbons (Fsp3) is 0.500. The number of hydrogen-bond donors (Lipinski definition) is 1. The van der Waals surface area contributed by atoms with Crippen molar-refractivity contribution < 1.29 is 22.3 Å². The number of ether oxygens (including phenoxy) is 1. The van der Waals surface area contributed by atoms with Crippen LogP contribution in [0.3, 0.4) is 0 Å². The van der Waals surface area contributed by atoms with E-state index in [1.54, 1.807) is 0 Å². The van der Waals surface area contributed by atoms with Gasteiger partial charge in [-0.2, -0.15) is 13.2 Å². The number of rotatable bonds is 5. The zero-order valence-corrected chi connectivity index (χ0v) is 9.14. The van der Waals surface area contributed by atoms with Gasteiger partial charge >= 0.3 is 6.18 Å². The van der Waals surface area contributed by atoms with Gasteiger partial charge in [-0.15, -0.1) is 0 Å². The van der Waals surface area contributed by atoms with Crippen molar-refractivity contribution in [1.82, 2.24) is 10.3 Å². The van der Waals surface area contributed by atoms with Gasteiger partial charge in [-0.3, -0.25) is 0 Å². The predicted octanol–water partition coefficient (Wildman–Crippen LogP) is 2.27. The topological polar surface area (TPSA) is 34.2 Å². The van der Waals surface area contributed by atoms with E-state index in [0.29, 0.717) is 6.54 Å². The molecule has 1 heterocycles. The Morgan fingerprint density at radius 2 is 2.12 bits per heavy atom. The van der Waals surface area contributed by atoms with E-state index in [2.05, 4.69) is 15.0 Å². The minimum absolute atomic E-state index is 0.203. The molecule has 1 aromatic rings. The van der Waals surface area contributed by atoms with Crippen LogP contribution in [0.4, 0.5) is 17.6 Å². The number of nitrogens with zero attached hydrogens (tertiary/aromatic N) is 1. The van der Waals surface area contributed by atoms with E-state index in [9.17, 15) is 17.6 Å². The molecule has 0 aliphatic rings. The quantitative estimate of drug-likeness (QED) is 0.816. The van der Waals surface area contributed by atoms with Crippen molar-refractivity contribution in [3.63, 3.8) is 0 Å². The third-order valence-electron chi connectivity index (χ3n) is 1.83. The van der Waals surface area contributed by atoms with Gasteiger partial charge in [0.05, 0.1) is 6.20 Å². The van der Waals surface area contributed by atoms with Crippen molar-refractivity contribution in [2.45, 2.75) is 19.6 Å². The predicted molar refractivity (Wildman–Crippen MR) is 53.1 cm³/mol. The van der Waals surface area contributed by atoms with E-state index in [1.807, 2.05) is 6.92 Å². The zero-order valence-electron chi connectivity index (χ0n) is 9.14. The lowest BCUT2D eigenvalue weighted by Gasteiger charge is -2.12. The first kappa shape index (κ1) is 13.7. The van der Waals surface area contributed by atoms with Crippen LogP contribution in [0.25, 0.3) is 0 Å². The standard InChI is InChI=1S/C10H12F4N2O/c1-2-15-4-7-3-8(11)5-16-9(7)17-6-10(12,13)14/h3,5,15H,2,4,6H2,1H3. The van der Waals surface area contributed by atoms with Crippen molar-refractivity contribution in [1.29, 1.82) is 0 Å². The van der Waals surface area contributed by atoms with Crippen LogP contribution < -0.4 is 10.1 Å². The molecule has 96 valence electrons. The van der Waals surface area contributed by atoms with Crippen LogP contribution in [0.15, 0.2) is 12.3 Å². The zero-order chi connectivity index (χ0) is 12.9. The molecule has 0 spiro atoms. The molecule has 0 amide bonds. The summed E-state index contributed by atoms with van der Waals surface area (Å²) >= 11 is 0. The first-order valence-electron chi connectivity index (χ1n) is 4.97. The van der Waals surface area contributed by atoms with E-state index in [-0.39, 0.29) is 18.0 Å². The van der Waals surface area contributed by atoms with E-state index in [4.69, 9.17) is 0 Å². The molecule has 0 aliphatic heterocycles. The van der Waals surface area contributed by atoms with Gasteiger partial charge in [-0.1, -0.05) is 6.92 Å². The summed E-state index contributed by atoms with van der Waals surface area (Å²) < 4.78 is 53.3. The van der Waals surface area contributed by atoms with Crippen molar-refractivity contribution in [3.05, 3.63) is 23.6 Å². The van der Waals surface area contributed by atoms with Gasteiger partial charge in [0.1, 0.15) is 5.82 Å². The first-order valence-corrected chi connectivity index (χ1v) is 4.97. The summed E-state index contributed by atoms with van der Waals surface area (Å²) in [5.41, 5.74) is 0.260. The first-order chi connectivity index (χ1) is 7.92. The molecule has 0 atom stereocenters. The highest BCUT2D eigenvalue weighted by molar-refractivity contribution is 5.26. The highest BCUT2D eigenvalue weighted by Crippen LogP contribution is 2.20. The minimum Gasteiger partial charge on any atom is -0.468 e. The average Bonchev–Trinajstić information content (AvgIpc) is 2.23. The molecule has 0 aliphatic carbocycles. The minimum atomic E-state index is -4.44. The van der Waals surface area contributed by atoms with E-state index in [0.717, 1.165) is 12.3 Å². The molecule has 0 aromatic carbocycles. The smallest absolute Gasteiger partial charge is 0.422 e. The fourth-order valence-corrected chi connectivity index (χ4v) is 1.14. The molecule has 7 heteroatoms. The lowest BCUT2D eigenvalue weighted by molar-refractivity contribution is -0.154. The summed E-state index contributed by atoms with van der Waals surface area (Å²) in [6.45, 7) is 1.19. The molecule has 17 heavy (non-hydrogen) atoms. The second-order valence-electron chi connectivity index (χ2n) is 3.30. The van der Waals surface area contributed by atoms with E-state index < -0.39 is 18.6 Å². The molecule has 0 radical (unpaired) electrons. The Hall–Kier alpha value is -1.37. The number of alkyl halides is 3. The van der Waals surface area contributed by atoms with Gasteiger partial charge in [0.25, 0.3) is 0 Å². The molecular formula is C10H12F4N2O. The summed E-state index contributed by atoms with van der Waals surface area (Å²) in [4.78, 5) is 3.50. The molecular weight excluding hydrogens is 240 g/mol. The fourth-order valence-electron chi connectivity index (χ4n) is 1.14. The summed E-state index contributed by atoms with van der Waals surface area (Å²) in [5, 5.41) is 2.86. The summed E-state index contributed by atoms with van der Waals surface area (Å²) in [6.07, 6.45) is -3.62. The van der Waals surface area contributed by atoms with Crippen LogP contribution in [0.1, 0.15) is 12.5 Å².